The Kier molecular flexibility index (Phi) is 10.2. The molecule has 1 aromatic rings. The first-order chi connectivity index (χ1) is 13.1. The van der Waals surface area contributed by atoms with Crippen LogP contribution >= 0.6 is 23.2 Å². The lowest BCUT2D eigenvalue weighted by molar-refractivity contribution is -0.173. The Morgan fingerprint density at radius 1 is 1.15 bits per heavy atom. The van der Waals surface area contributed by atoms with Crippen molar-refractivity contribution in [2.24, 2.45) is 5.92 Å². The zero-order valence-electron chi connectivity index (χ0n) is 16.8. The van der Waals surface area contributed by atoms with Gasteiger partial charge in [0.2, 0.25) is 0 Å². The van der Waals surface area contributed by atoms with E-state index in [-0.39, 0.29) is 12.3 Å². The summed E-state index contributed by atoms with van der Waals surface area (Å²) in [6.45, 7) is 7.71. The van der Waals surface area contributed by atoms with Crippen molar-refractivity contribution in [1.82, 2.24) is 4.90 Å². The van der Waals surface area contributed by atoms with Gasteiger partial charge in [-0.25, -0.2) is 0 Å². The van der Waals surface area contributed by atoms with Crippen molar-refractivity contribution in [1.29, 1.82) is 0 Å². The molecule has 0 aliphatic carbocycles. The van der Waals surface area contributed by atoms with Gasteiger partial charge in [-0.1, -0.05) is 43.0 Å². The number of methoxy groups -OCH3 is 1. The van der Waals surface area contributed by atoms with E-state index >= 15 is 0 Å². The van der Waals surface area contributed by atoms with E-state index in [0.29, 0.717) is 29.2 Å². The largest absolute Gasteiger partial charge is 0.494 e. The van der Waals surface area contributed by atoms with Crippen LogP contribution < -0.4 is 4.74 Å². The van der Waals surface area contributed by atoms with Crippen LogP contribution in [0.4, 0.5) is 0 Å². The summed E-state index contributed by atoms with van der Waals surface area (Å²) in [6.07, 6.45) is 5.82. The van der Waals surface area contributed by atoms with Gasteiger partial charge in [0, 0.05) is 32.9 Å². The minimum Gasteiger partial charge on any atom is -0.494 e. The fraction of sp³-hybridized carbons (Fsp3) is 0.714. The molecule has 6 heteroatoms. The zero-order chi connectivity index (χ0) is 19.6. The Labute approximate surface area is 174 Å². The van der Waals surface area contributed by atoms with Crippen molar-refractivity contribution in [2.75, 3.05) is 33.4 Å². The molecule has 0 aromatic heterocycles. The number of benzene rings is 1. The number of ether oxygens (including phenoxy) is 3. The van der Waals surface area contributed by atoms with Crippen molar-refractivity contribution < 1.29 is 14.2 Å². The Bertz CT molecular complexity index is 558. The third kappa shape index (κ3) is 6.79. The van der Waals surface area contributed by atoms with Crippen LogP contribution in [0.25, 0.3) is 0 Å². The van der Waals surface area contributed by atoms with Crippen LogP contribution in [0, 0.1) is 5.92 Å². The van der Waals surface area contributed by atoms with E-state index in [1.54, 1.807) is 19.2 Å². The van der Waals surface area contributed by atoms with E-state index in [2.05, 4.69) is 11.8 Å². The molecule has 0 spiro atoms. The van der Waals surface area contributed by atoms with Crippen LogP contribution in [-0.4, -0.2) is 50.6 Å². The topological polar surface area (TPSA) is 30.9 Å². The Hall–Kier alpha value is -0.520. The van der Waals surface area contributed by atoms with E-state index < -0.39 is 0 Å². The molecule has 154 valence electrons. The van der Waals surface area contributed by atoms with Gasteiger partial charge >= 0.3 is 0 Å². The van der Waals surface area contributed by atoms with Crippen molar-refractivity contribution in [3.63, 3.8) is 0 Å². The number of halogens is 2. The molecule has 27 heavy (non-hydrogen) atoms. The van der Waals surface area contributed by atoms with Crippen molar-refractivity contribution in [3.05, 3.63) is 28.2 Å². The Morgan fingerprint density at radius 3 is 2.63 bits per heavy atom. The minimum atomic E-state index is 0.0190. The molecule has 1 aliphatic rings. The van der Waals surface area contributed by atoms with Gasteiger partial charge in [0.05, 0.1) is 16.7 Å². The highest BCUT2D eigenvalue weighted by Gasteiger charge is 2.38. The first kappa shape index (κ1) is 22.8. The van der Waals surface area contributed by atoms with E-state index in [0.717, 1.165) is 31.7 Å². The molecule has 1 aliphatic heterocycles. The molecular weight excluding hydrogens is 385 g/mol. The molecule has 0 N–H and O–H groups in total. The summed E-state index contributed by atoms with van der Waals surface area (Å²) in [5, 5.41) is 1.06. The van der Waals surface area contributed by atoms with Gasteiger partial charge in [-0.05, 0) is 44.2 Å². The summed E-state index contributed by atoms with van der Waals surface area (Å²) in [5.74, 6) is 1.16. The molecule has 0 bridgehead atoms. The number of hydrogen-bond acceptors (Lipinski definition) is 4. The molecule has 1 heterocycles. The highest BCUT2D eigenvalue weighted by molar-refractivity contribution is 6.42. The molecule has 0 radical (unpaired) electrons. The maximum atomic E-state index is 6.11. The molecular formula is C21H33Cl2NO3. The summed E-state index contributed by atoms with van der Waals surface area (Å²) < 4.78 is 17.9. The summed E-state index contributed by atoms with van der Waals surface area (Å²) in [6, 6.07) is 5.37. The maximum Gasteiger partial charge on any atom is 0.136 e. The molecule has 1 unspecified atom stereocenters. The zero-order valence-corrected chi connectivity index (χ0v) is 18.3. The van der Waals surface area contributed by atoms with Crippen molar-refractivity contribution in [2.45, 2.75) is 58.3 Å². The molecule has 0 saturated carbocycles. The molecule has 3 atom stereocenters. The van der Waals surface area contributed by atoms with Gasteiger partial charge in [0.1, 0.15) is 18.1 Å². The van der Waals surface area contributed by atoms with Gasteiger partial charge in [-0.3, -0.25) is 4.90 Å². The first-order valence-electron chi connectivity index (χ1n) is 10.1. The van der Waals surface area contributed by atoms with Gasteiger partial charge in [0.15, 0.2) is 0 Å². The average Bonchev–Trinajstić information content (AvgIpc) is 2.66. The lowest BCUT2D eigenvalue weighted by atomic mass is 9.89. The van der Waals surface area contributed by atoms with Crippen molar-refractivity contribution in [3.8, 4) is 5.75 Å². The second-order valence-corrected chi connectivity index (χ2v) is 7.87. The molecule has 1 saturated heterocycles. The monoisotopic (exact) mass is 417 g/mol. The van der Waals surface area contributed by atoms with Crippen LogP contribution in [0.5, 0.6) is 5.75 Å². The predicted octanol–water partition coefficient (Wildman–Crippen LogP) is 5.65. The summed E-state index contributed by atoms with van der Waals surface area (Å²) in [5.41, 5.74) is 0. The molecule has 1 aromatic carbocycles. The van der Waals surface area contributed by atoms with Gasteiger partial charge in [-0.15, -0.1) is 0 Å². The van der Waals surface area contributed by atoms with Crippen molar-refractivity contribution >= 4 is 23.2 Å². The van der Waals surface area contributed by atoms with E-state index in [4.69, 9.17) is 37.4 Å². The number of nitrogens with zero attached hydrogens (tertiary/aromatic N) is 1. The third-order valence-electron chi connectivity index (χ3n) is 5.19. The van der Waals surface area contributed by atoms with Gasteiger partial charge < -0.3 is 14.2 Å². The first-order valence-corrected chi connectivity index (χ1v) is 10.8. The second-order valence-electron chi connectivity index (χ2n) is 7.05. The van der Waals surface area contributed by atoms with Crippen LogP contribution in [0.3, 0.4) is 0 Å². The van der Waals surface area contributed by atoms with Gasteiger partial charge in [0.25, 0.3) is 0 Å². The van der Waals surface area contributed by atoms with Crippen LogP contribution in [0.1, 0.15) is 46.0 Å². The average molecular weight is 418 g/mol. The Balaban J connectivity index is 1.91. The summed E-state index contributed by atoms with van der Waals surface area (Å²) >= 11 is 12.0. The fourth-order valence-electron chi connectivity index (χ4n) is 3.77. The molecule has 4 nitrogen and oxygen atoms in total. The number of hydrogen-bond donors (Lipinski definition) is 0. The lowest BCUT2D eigenvalue weighted by Gasteiger charge is -2.44. The quantitative estimate of drug-likeness (QED) is 0.435. The van der Waals surface area contributed by atoms with E-state index in [1.807, 2.05) is 13.0 Å². The molecule has 1 fully saturated rings. The van der Waals surface area contributed by atoms with Crippen LogP contribution in [0.2, 0.25) is 10.0 Å². The number of piperidine rings is 1. The standard InChI is InChI=1S/C21H33Cl2NO3/c1-4-6-7-12-24-13-10-16(20(26-5-2)21(24)25-3)11-14-27-17-8-9-18(22)19(23)15-17/h8-9,15-16,20-21H,4-7,10-14H2,1-3H3/t16?,20-,21+/m0/s1. The van der Waals surface area contributed by atoms with E-state index in [1.165, 1.54) is 19.3 Å². The number of likely N-dealkylation sites (tertiary alicyclic amines) is 1. The SMILES string of the molecule is CCCCCN1CCC(CCOc2ccc(Cl)c(Cl)c2)[C@H](OCC)[C@H]1OC. The van der Waals surface area contributed by atoms with Crippen LogP contribution in [-0.2, 0) is 9.47 Å². The number of unbranched alkanes of at least 4 members (excludes halogenated alkanes) is 2. The minimum absolute atomic E-state index is 0.0190. The number of rotatable bonds is 11. The summed E-state index contributed by atoms with van der Waals surface area (Å²) in [4.78, 5) is 2.44. The summed E-state index contributed by atoms with van der Waals surface area (Å²) in [7, 11) is 1.79. The highest BCUT2D eigenvalue weighted by Crippen LogP contribution is 2.31. The normalized spacial score (nSPS) is 23.5. The Morgan fingerprint density at radius 2 is 1.96 bits per heavy atom. The smallest absolute Gasteiger partial charge is 0.136 e. The third-order valence-corrected chi connectivity index (χ3v) is 5.93. The molecule has 2 rings (SSSR count). The fourth-order valence-corrected chi connectivity index (χ4v) is 4.05. The van der Waals surface area contributed by atoms with Gasteiger partial charge in [-0.2, -0.15) is 0 Å². The van der Waals surface area contributed by atoms with Crippen LogP contribution in [0.15, 0.2) is 18.2 Å². The maximum absolute atomic E-state index is 6.11. The predicted molar refractivity (Wildman–Crippen MR) is 112 cm³/mol. The molecule has 0 amide bonds. The van der Waals surface area contributed by atoms with E-state index in [9.17, 15) is 0 Å². The second kappa shape index (κ2) is 12.1. The lowest BCUT2D eigenvalue weighted by Crippen LogP contribution is -2.54. The highest BCUT2D eigenvalue weighted by atomic mass is 35.5.